The molecule has 1 saturated heterocycles. The number of imidazole rings is 1. The van der Waals surface area contributed by atoms with Gasteiger partial charge in [0.05, 0.1) is 12.4 Å². The highest BCUT2D eigenvalue weighted by atomic mass is 16.4. The maximum atomic E-state index is 13.3. The van der Waals surface area contributed by atoms with Gasteiger partial charge in [-0.1, -0.05) is 40.5 Å². The van der Waals surface area contributed by atoms with Crippen LogP contribution in [0.1, 0.15) is 59.1 Å². The number of rotatable bonds is 13. The fourth-order valence-corrected chi connectivity index (χ4v) is 3.89. The standard InChI is InChI=1S/C23H38N6O5/c1-5-13(3)18(28-20(30)16-8-7-9-25-16)22(32)27-17(10-15-11-24-12-26-15)21(31)29-19(23(33)34)14(4)6-2/h11-14,16-19,25H,5-10H2,1-4H3,(H,24,26)(H,27,32)(H,28,30)(H,29,31)(H,33,34). The van der Waals surface area contributed by atoms with Crippen molar-refractivity contribution >= 4 is 23.7 Å². The summed E-state index contributed by atoms with van der Waals surface area (Å²) in [5.41, 5.74) is 0.607. The van der Waals surface area contributed by atoms with E-state index in [4.69, 9.17) is 0 Å². The molecule has 1 aromatic heterocycles. The van der Waals surface area contributed by atoms with Gasteiger partial charge < -0.3 is 31.4 Å². The summed E-state index contributed by atoms with van der Waals surface area (Å²) < 4.78 is 0. The summed E-state index contributed by atoms with van der Waals surface area (Å²) in [6.45, 7) is 8.12. The molecule has 6 N–H and O–H groups in total. The molecule has 6 atom stereocenters. The molecule has 1 aliphatic rings. The summed E-state index contributed by atoms with van der Waals surface area (Å²) in [5.74, 6) is -2.94. The van der Waals surface area contributed by atoms with Crippen LogP contribution in [0.2, 0.25) is 0 Å². The highest BCUT2D eigenvalue weighted by molar-refractivity contribution is 5.94. The number of hydrogen-bond donors (Lipinski definition) is 6. The van der Waals surface area contributed by atoms with Crippen molar-refractivity contribution in [2.24, 2.45) is 11.8 Å². The fourth-order valence-electron chi connectivity index (χ4n) is 3.89. The van der Waals surface area contributed by atoms with Gasteiger partial charge >= 0.3 is 5.97 Å². The first-order valence-corrected chi connectivity index (χ1v) is 12.0. The minimum Gasteiger partial charge on any atom is -0.480 e. The summed E-state index contributed by atoms with van der Waals surface area (Å²) >= 11 is 0. The van der Waals surface area contributed by atoms with E-state index in [2.05, 4.69) is 31.2 Å². The topological polar surface area (TPSA) is 165 Å². The number of carboxylic acids is 1. The van der Waals surface area contributed by atoms with Gasteiger partial charge in [-0.15, -0.1) is 0 Å². The number of aromatic amines is 1. The maximum Gasteiger partial charge on any atom is 0.326 e. The molecule has 2 heterocycles. The third kappa shape index (κ3) is 7.54. The molecule has 0 radical (unpaired) electrons. The normalized spacial score (nSPS) is 19.9. The number of hydrogen-bond acceptors (Lipinski definition) is 6. The number of amides is 3. The zero-order chi connectivity index (χ0) is 25.3. The molecule has 6 unspecified atom stereocenters. The van der Waals surface area contributed by atoms with Crippen molar-refractivity contribution in [3.05, 3.63) is 18.2 Å². The van der Waals surface area contributed by atoms with Crippen LogP contribution in [0.4, 0.5) is 0 Å². The van der Waals surface area contributed by atoms with Crippen LogP contribution in [-0.4, -0.2) is 69.5 Å². The summed E-state index contributed by atoms with van der Waals surface area (Å²) in [5, 5.41) is 20.8. The van der Waals surface area contributed by atoms with E-state index in [0.29, 0.717) is 25.0 Å². The minimum absolute atomic E-state index is 0.0930. The molecule has 0 spiro atoms. The van der Waals surface area contributed by atoms with Crippen molar-refractivity contribution in [1.82, 2.24) is 31.2 Å². The Labute approximate surface area is 200 Å². The lowest BCUT2D eigenvalue weighted by Crippen LogP contribution is -2.59. The highest BCUT2D eigenvalue weighted by Gasteiger charge is 2.34. The SMILES string of the molecule is CCC(C)C(NC(=O)C(Cc1cnc[nH]1)NC(=O)C(NC(=O)C1CCCN1)C(C)CC)C(=O)O. The molecule has 1 aliphatic heterocycles. The van der Waals surface area contributed by atoms with Gasteiger partial charge in [-0.05, 0) is 31.2 Å². The molecule has 190 valence electrons. The molecule has 0 aromatic carbocycles. The van der Waals surface area contributed by atoms with E-state index in [9.17, 15) is 24.3 Å². The van der Waals surface area contributed by atoms with E-state index in [1.54, 1.807) is 6.92 Å². The molecule has 2 rings (SSSR count). The number of carboxylic acid groups (broad SMARTS) is 1. The summed E-state index contributed by atoms with van der Waals surface area (Å²) in [4.78, 5) is 57.6. The highest BCUT2D eigenvalue weighted by Crippen LogP contribution is 2.13. The first-order chi connectivity index (χ1) is 16.2. The van der Waals surface area contributed by atoms with Crippen molar-refractivity contribution < 1.29 is 24.3 Å². The lowest BCUT2D eigenvalue weighted by Gasteiger charge is -2.28. The number of carbonyl (C=O) groups excluding carboxylic acids is 3. The maximum absolute atomic E-state index is 13.3. The predicted octanol–water partition coefficient (Wildman–Crippen LogP) is 0.335. The Balaban J connectivity index is 2.19. The monoisotopic (exact) mass is 478 g/mol. The van der Waals surface area contributed by atoms with Crippen molar-refractivity contribution in [2.75, 3.05) is 6.54 Å². The number of aliphatic carboxylic acids is 1. The Morgan fingerprint density at radius 2 is 1.74 bits per heavy atom. The molecule has 0 aliphatic carbocycles. The van der Waals surface area contributed by atoms with E-state index in [0.717, 1.165) is 13.0 Å². The molecule has 11 nitrogen and oxygen atoms in total. The third-order valence-corrected chi connectivity index (χ3v) is 6.56. The molecule has 3 amide bonds. The van der Waals surface area contributed by atoms with Crippen LogP contribution in [0.3, 0.4) is 0 Å². The van der Waals surface area contributed by atoms with Gasteiger partial charge in [0.1, 0.15) is 18.1 Å². The second-order valence-electron chi connectivity index (χ2n) is 9.07. The average molecular weight is 479 g/mol. The largest absolute Gasteiger partial charge is 0.480 e. The third-order valence-electron chi connectivity index (χ3n) is 6.56. The molecule has 11 heteroatoms. The van der Waals surface area contributed by atoms with Crippen LogP contribution in [0.25, 0.3) is 0 Å². The number of aromatic nitrogens is 2. The molecular formula is C23H38N6O5. The number of nitrogens with one attached hydrogen (secondary N) is 5. The van der Waals surface area contributed by atoms with Crippen molar-refractivity contribution in [1.29, 1.82) is 0 Å². The van der Waals surface area contributed by atoms with E-state index in [1.807, 2.05) is 20.8 Å². The van der Waals surface area contributed by atoms with Gasteiger partial charge in [0, 0.05) is 18.3 Å². The minimum atomic E-state index is -1.14. The van der Waals surface area contributed by atoms with Gasteiger partial charge in [0.15, 0.2) is 0 Å². The second-order valence-corrected chi connectivity index (χ2v) is 9.07. The second kappa shape index (κ2) is 13.1. The Morgan fingerprint density at radius 3 is 2.26 bits per heavy atom. The predicted molar refractivity (Wildman–Crippen MR) is 126 cm³/mol. The van der Waals surface area contributed by atoms with E-state index < -0.39 is 35.9 Å². The van der Waals surface area contributed by atoms with Gasteiger partial charge in [-0.3, -0.25) is 14.4 Å². The Hall–Kier alpha value is -2.95. The van der Waals surface area contributed by atoms with Crippen LogP contribution in [0, 0.1) is 11.8 Å². The summed E-state index contributed by atoms with van der Waals surface area (Å²) in [6, 6.07) is -3.30. The Kier molecular flexibility index (Phi) is 10.5. The zero-order valence-electron chi connectivity index (χ0n) is 20.4. The number of nitrogens with zero attached hydrogens (tertiary/aromatic N) is 1. The zero-order valence-corrected chi connectivity index (χ0v) is 20.4. The van der Waals surface area contributed by atoms with Gasteiger partial charge in [-0.25, -0.2) is 9.78 Å². The van der Waals surface area contributed by atoms with Crippen LogP contribution < -0.4 is 21.3 Å². The summed E-state index contributed by atoms with van der Waals surface area (Å²) in [6.07, 6.45) is 5.89. The quantitative estimate of drug-likeness (QED) is 0.238. The average Bonchev–Trinajstić information content (AvgIpc) is 3.53. The molecule has 1 fully saturated rings. The van der Waals surface area contributed by atoms with Gasteiger partial charge in [0.25, 0.3) is 0 Å². The van der Waals surface area contributed by atoms with Crippen molar-refractivity contribution in [2.45, 2.75) is 84.0 Å². The first kappa shape index (κ1) is 27.3. The lowest BCUT2D eigenvalue weighted by molar-refractivity contribution is -0.144. The molecule has 0 bridgehead atoms. The van der Waals surface area contributed by atoms with Crippen LogP contribution >= 0.6 is 0 Å². The smallest absolute Gasteiger partial charge is 0.326 e. The fraction of sp³-hybridized carbons (Fsp3) is 0.696. The molecular weight excluding hydrogens is 440 g/mol. The molecule has 34 heavy (non-hydrogen) atoms. The van der Waals surface area contributed by atoms with Crippen LogP contribution in [0.5, 0.6) is 0 Å². The van der Waals surface area contributed by atoms with Gasteiger partial charge in [0.2, 0.25) is 17.7 Å². The lowest BCUT2D eigenvalue weighted by atomic mass is 9.96. The molecule has 0 saturated carbocycles. The van der Waals surface area contributed by atoms with E-state index >= 15 is 0 Å². The molecule has 1 aromatic rings. The number of carbonyl (C=O) groups is 4. The van der Waals surface area contributed by atoms with E-state index in [-0.39, 0.29) is 30.2 Å². The van der Waals surface area contributed by atoms with Crippen LogP contribution in [0.15, 0.2) is 12.5 Å². The first-order valence-electron chi connectivity index (χ1n) is 12.0. The summed E-state index contributed by atoms with van der Waals surface area (Å²) in [7, 11) is 0. The number of H-pyrrole nitrogens is 1. The Bertz CT molecular complexity index is 824. The van der Waals surface area contributed by atoms with Gasteiger partial charge in [-0.2, -0.15) is 0 Å². The van der Waals surface area contributed by atoms with Crippen molar-refractivity contribution in [3.8, 4) is 0 Å². The Morgan fingerprint density at radius 1 is 1.06 bits per heavy atom. The van der Waals surface area contributed by atoms with Crippen LogP contribution in [-0.2, 0) is 25.6 Å². The van der Waals surface area contributed by atoms with Crippen molar-refractivity contribution in [3.63, 3.8) is 0 Å². The van der Waals surface area contributed by atoms with E-state index in [1.165, 1.54) is 12.5 Å².